The van der Waals surface area contributed by atoms with Gasteiger partial charge >= 0.3 is 6.18 Å². The molecule has 0 aromatic heterocycles. The first-order valence-corrected chi connectivity index (χ1v) is 5.24. The molecule has 0 rings (SSSR count). The number of nitrogens with one attached hydrogen (secondary N) is 1. The molecule has 0 fully saturated rings. The van der Waals surface area contributed by atoms with Crippen molar-refractivity contribution in [2.24, 2.45) is 0 Å². The number of hydrogen-bond acceptors (Lipinski definition) is 2. The second-order valence-electron chi connectivity index (χ2n) is 4.08. The van der Waals surface area contributed by atoms with Crippen molar-refractivity contribution >= 4 is 0 Å². The molecule has 1 atom stereocenters. The molecule has 0 radical (unpaired) electrons. The van der Waals surface area contributed by atoms with Crippen molar-refractivity contribution in [3.8, 4) is 0 Å². The second-order valence-corrected chi connectivity index (χ2v) is 4.08. The third kappa shape index (κ3) is 10.0. The van der Waals surface area contributed by atoms with Crippen molar-refractivity contribution in [1.82, 2.24) is 10.2 Å². The molecule has 1 N–H and O–H groups in total. The van der Waals surface area contributed by atoms with E-state index in [2.05, 4.69) is 5.32 Å². The molecule has 0 saturated carbocycles. The monoisotopic (exact) mass is 226 g/mol. The van der Waals surface area contributed by atoms with E-state index < -0.39 is 12.6 Å². The molecule has 92 valence electrons. The van der Waals surface area contributed by atoms with Gasteiger partial charge < -0.3 is 10.2 Å². The minimum Gasteiger partial charge on any atom is -0.317 e. The summed E-state index contributed by atoms with van der Waals surface area (Å²) in [7, 11) is 5.72. The minimum atomic E-state index is -4.01. The summed E-state index contributed by atoms with van der Waals surface area (Å²) in [5.74, 6) is 0. The fraction of sp³-hybridized carbons (Fsp3) is 1.00. The van der Waals surface area contributed by atoms with Gasteiger partial charge in [0.15, 0.2) is 0 Å². The van der Waals surface area contributed by atoms with E-state index in [0.717, 1.165) is 13.0 Å². The van der Waals surface area contributed by atoms with Crippen molar-refractivity contribution in [3.05, 3.63) is 0 Å². The second kappa shape index (κ2) is 7.06. The van der Waals surface area contributed by atoms with Crippen LogP contribution in [0.5, 0.6) is 0 Å². The Morgan fingerprint density at radius 1 is 1.20 bits per heavy atom. The Morgan fingerprint density at radius 3 is 2.20 bits per heavy atom. The lowest BCUT2D eigenvalue weighted by Crippen LogP contribution is -2.29. The van der Waals surface area contributed by atoms with Gasteiger partial charge in [0.25, 0.3) is 0 Å². The summed E-state index contributed by atoms with van der Waals surface area (Å²) in [5.41, 5.74) is 0. The van der Waals surface area contributed by atoms with Crippen LogP contribution in [0, 0.1) is 0 Å². The highest BCUT2D eigenvalue weighted by molar-refractivity contribution is 4.67. The van der Waals surface area contributed by atoms with E-state index in [0.29, 0.717) is 6.42 Å². The van der Waals surface area contributed by atoms with Gasteiger partial charge in [-0.1, -0.05) is 0 Å². The van der Waals surface area contributed by atoms with Crippen molar-refractivity contribution in [2.45, 2.75) is 37.9 Å². The number of rotatable bonds is 7. The predicted molar refractivity (Wildman–Crippen MR) is 55.9 cm³/mol. The first-order valence-electron chi connectivity index (χ1n) is 5.24. The van der Waals surface area contributed by atoms with Crippen LogP contribution in [0.2, 0.25) is 0 Å². The topological polar surface area (TPSA) is 15.3 Å². The van der Waals surface area contributed by atoms with Gasteiger partial charge in [-0.2, -0.15) is 13.2 Å². The minimum absolute atomic E-state index is 0.190. The summed E-state index contributed by atoms with van der Waals surface area (Å²) in [4.78, 5) is 2.04. The summed E-state index contributed by atoms with van der Waals surface area (Å²) in [5, 5.41) is 3.05. The third-order valence-corrected chi connectivity index (χ3v) is 2.35. The van der Waals surface area contributed by atoms with E-state index in [1.807, 2.05) is 19.0 Å². The average Bonchev–Trinajstić information content (AvgIpc) is 2.08. The summed E-state index contributed by atoms with van der Waals surface area (Å²) in [6.07, 6.45) is -3.00. The standard InChI is InChI=1S/C10H21F3N2/c1-14-9(6-8-15(2)3)5-4-7-10(11,12)13/h9,14H,4-8H2,1-3H3. The van der Waals surface area contributed by atoms with E-state index in [9.17, 15) is 13.2 Å². The van der Waals surface area contributed by atoms with Crippen LogP contribution >= 0.6 is 0 Å². The largest absolute Gasteiger partial charge is 0.389 e. The highest BCUT2D eigenvalue weighted by Crippen LogP contribution is 2.22. The van der Waals surface area contributed by atoms with Crippen LogP contribution in [0.1, 0.15) is 25.7 Å². The van der Waals surface area contributed by atoms with E-state index in [-0.39, 0.29) is 12.5 Å². The smallest absolute Gasteiger partial charge is 0.317 e. The van der Waals surface area contributed by atoms with Crippen LogP contribution in [0.15, 0.2) is 0 Å². The summed E-state index contributed by atoms with van der Waals surface area (Å²) >= 11 is 0. The van der Waals surface area contributed by atoms with E-state index in [1.165, 1.54) is 0 Å². The van der Waals surface area contributed by atoms with Crippen molar-refractivity contribution in [2.75, 3.05) is 27.7 Å². The Balaban J connectivity index is 3.62. The van der Waals surface area contributed by atoms with Gasteiger partial charge in [-0.05, 0) is 47.0 Å². The SMILES string of the molecule is CNC(CCCC(F)(F)F)CCN(C)C. The molecule has 2 nitrogen and oxygen atoms in total. The van der Waals surface area contributed by atoms with Gasteiger partial charge in [-0.3, -0.25) is 0 Å². The van der Waals surface area contributed by atoms with Gasteiger partial charge in [0.2, 0.25) is 0 Å². The Labute approximate surface area is 89.8 Å². The molecule has 0 spiro atoms. The number of halogens is 3. The zero-order chi connectivity index (χ0) is 11.9. The molecule has 0 aliphatic heterocycles. The zero-order valence-electron chi connectivity index (χ0n) is 9.69. The van der Waals surface area contributed by atoms with Crippen molar-refractivity contribution in [1.29, 1.82) is 0 Å². The van der Waals surface area contributed by atoms with Crippen LogP contribution in [0.3, 0.4) is 0 Å². The van der Waals surface area contributed by atoms with Gasteiger partial charge in [0.1, 0.15) is 0 Å². The van der Waals surface area contributed by atoms with E-state index in [1.54, 1.807) is 7.05 Å². The number of nitrogens with zero attached hydrogens (tertiary/aromatic N) is 1. The van der Waals surface area contributed by atoms with Crippen LogP contribution in [-0.4, -0.2) is 44.8 Å². The molecule has 5 heteroatoms. The maximum atomic E-state index is 11.9. The molecule has 0 heterocycles. The summed E-state index contributed by atoms with van der Waals surface area (Å²) in [6.45, 7) is 0.900. The van der Waals surface area contributed by atoms with Crippen LogP contribution in [0.4, 0.5) is 13.2 Å². The molecule has 0 aliphatic rings. The predicted octanol–water partition coefficient (Wildman–Crippen LogP) is 2.26. The van der Waals surface area contributed by atoms with E-state index >= 15 is 0 Å². The average molecular weight is 226 g/mol. The molecule has 0 aromatic rings. The zero-order valence-corrected chi connectivity index (χ0v) is 9.69. The molecular formula is C10H21F3N2. The lowest BCUT2D eigenvalue weighted by atomic mass is 10.1. The Hall–Kier alpha value is -0.290. The van der Waals surface area contributed by atoms with Crippen molar-refractivity contribution in [3.63, 3.8) is 0 Å². The normalized spacial score (nSPS) is 14.6. The maximum absolute atomic E-state index is 11.9. The van der Waals surface area contributed by atoms with Crippen LogP contribution < -0.4 is 5.32 Å². The first-order chi connectivity index (χ1) is 6.85. The Kier molecular flexibility index (Phi) is 6.92. The van der Waals surface area contributed by atoms with Crippen LogP contribution in [-0.2, 0) is 0 Å². The molecule has 0 aliphatic carbocycles. The fourth-order valence-electron chi connectivity index (χ4n) is 1.40. The summed E-state index contributed by atoms with van der Waals surface area (Å²) < 4.78 is 35.7. The molecule has 0 amide bonds. The molecule has 15 heavy (non-hydrogen) atoms. The van der Waals surface area contributed by atoms with Gasteiger partial charge in [-0.25, -0.2) is 0 Å². The Morgan fingerprint density at radius 2 is 1.80 bits per heavy atom. The lowest BCUT2D eigenvalue weighted by Gasteiger charge is -2.18. The molecule has 0 saturated heterocycles. The fourth-order valence-corrected chi connectivity index (χ4v) is 1.40. The van der Waals surface area contributed by atoms with Crippen LogP contribution in [0.25, 0.3) is 0 Å². The lowest BCUT2D eigenvalue weighted by molar-refractivity contribution is -0.135. The molecule has 0 aromatic carbocycles. The summed E-state index contributed by atoms with van der Waals surface area (Å²) in [6, 6.07) is 0.190. The van der Waals surface area contributed by atoms with E-state index in [4.69, 9.17) is 0 Å². The highest BCUT2D eigenvalue weighted by atomic mass is 19.4. The highest BCUT2D eigenvalue weighted by Gasteiger charge is 2.26. The first kappa shape index (κ1) is 14.7. The van der Waals surface area contributed by atoms with Crippen molar-refractivity contribution < 1.29 is 13.2 Å². The quantitative estimate of drug-likeness (QED) is 0.716. The Bertz CT molecular complexity index is 157. The molecule has 1 unspecified atom stereocenters. The molecular weight excluding hydrogens is 205 g/mol. The third-order valence-electron chi connectivity index (χ3n) is 2.35. The van der Waals surface area contributed by atoms with Gasteiger partial charge in [0, 0.05) is 12.5 Å². The van der Waals surface area contributed by atoms with Gasteiger partial charge in [-0.15, -0.1) is 0 Å². The number of alkyl halides is 3. The van der Waals surface area contributed by atoms with Gasteiger partial charge in [0.05, 0.1) is 0 Å². The maximum Gasteiger partial charge on any atom is 0.389 e. The molecule has 0 bridgehead atoms. The number of hydrogen-bond donors (Lipinski definition) is 1.